The van der Waals surface area contributed by atoms with E-state index in [2.05, 4.69) is 11.9 Å². The van der Waals surface area contributed by atoms with Crippen LogP contribution in [0.4, 0.5) is 4.79 Å². The number of esters is 2. The van der Waals surface area contributed by atoms with Gasteiger partial charge in [0.1, 0.15) is 36.1 Å². The molecule has 11 atom stereocenters. The number of alkyl carbamates (subject to hydrolysis) is 1. The molecule has 0 unspecified atom stereocenters. The average Bonchev–Trinajstić information content (AvgIpc) is 2.96. The van der Waals surface area contributed by atoms with Gasteiger partial charge in [-0.05, 0) is 30.9 Å². The van der Waals surface area contributed by atoms with Crippen molar-refractivity contribution in [1.82, 2.24) is 5.32 Å². The molecule has 6 N–H and O–H groups in total. The fourth-order valence-electron chi connectivity index (χ4n) is 8.08. The molecule has 1 heterocycles. The van der Waals surface area contributed by atoms with Crippen LogP contribution in [0.25, 0.3) is 0 Å². The molecule has 0 aromatic carbocycles. The molecule has 3 fully saturated rings. The smallest absolute Gasteiger partial charge is 0.407 e. The first-order valence-corrected chi connectivity index (χ1v) is 15.5. The van der Waals surface area contributed by atoms with Gasteiger partial charge >= 0.3 is 18.0 Å². The van der Waals surface area contributed by atoms with Crippen molar-refractivity contribution < 1.29 is 152 Å². The third-order valence-corrected chi connectivity index (χ3v) is 10.8. The monoisotopic (exact) mass is 1110 g/mol. The van der Waals surface area contributed by atoms with E-state index < -0.39 is 107 Å². The maximum atomic E-state index is 14.3. The largest absolute Gasteiger partial charge is 0.459 e. The summed E-state index contributed by atoms with van der Waals surface area (Å²) < 4.78 is 22.0. The second kappa shape index (κ2) is 15.9. The molecule has 1 amide bonds. The average molecular weight is 1110 g/mol. The van der Waals surface area contributed by atoms with Crippen LogP contribution in [-0.4, -0.2) is 116 Å². The van der Waals surface area contributed by atoms with Gasteiger partial charge in [0.15, 0.2) is 11.9 Å². The molecule has 1 saturated heterocycles. The second-order valence-corrected chi connectivity index (χ2v) is 14.1. The van der Waals surface area contributed by atoms with Gasteiger partial charge in [-0.3, -0.25) is 9.59 Å². The zero-order chi connectivity index (χ0) is 34.7. The zero-order valence-corrected chi connectivity index (χ0v) is 38.0. The first-order chi connectivity index (χ1) is 21.2. The molecular weight excluding hydrogens is 1060 g/mol. The number of hydrogen-bond donors (Lipinski definition) is 6. The van der Waals surface area contributed by atoms with Crippen molar-refractivity contribution in [3.63, 3.8) is 0 Å². The van der Waals surface area contributed by atoms with Gasteiger partial charge in [0, 0.05) is 119 Å². The molecule has 0 aromatic heterocycles. The van der Waals surface area contributed by atoms with Gasteiger partial charge in [0.25, 0.3) is 0 Å². The number of ketones is 1. The number of aliphatic hydroxyl groups excluding tert-OH is 3. The topological polar surface area (TPSA) is 218 Å². The van der Waals surface area contributed by atoms with E-state index in [1.807, 2.05) is 0 Å². The van der Waals surface area contributed by atoms with E-state index in [1.54, 1.807) is 27.7 Å². The number of fused-ring (bicyclic) bond motifs is 5. The standard InChI is InChI=1S/C32H47NO13.2Ac/c1-9-10-43-28(40)33-21(14(2)3)23(37)27(39)46-17-12-32(42)26(45-16(5)34)24-30(8,18(35)11-19-31(24,41)13-44-19)25(38)22(36)20(15(17)4)29(32,6)7;;/h9,14,17-19,21-24,26,35-37,41-42H,1,10-13H2,2-8H3,(H,33,40);;/t17-,18-,19+,21-,22+,23+,24-,26-,30+,31-,32+;;/m0../s1. The summed E-state index contributed by atoms with van der Waals surface area (Å²) in [5.74, 6) is -4.83. The van der Waals surface area contributed by atoms with Crippen molar-refractivity contribution in [1.29, 1.82) is 0 Å². The van der Waals surface area contributed by atoms with Gasteiger partial charge in [-0.15, -0.1) is 0 Å². The fourth-order valence-corrected chi connectivity index (χ4v) is 8.08. The molecule has 2 bridgehead atoms. The number of amides is 1. The van der Waals surface area contributed by atoms with Crippen molar-refractivity contribution in [2.45, 2.75) is 115 Å². The number of Topliss-reactive ketones (excluding diaryl/α,β-unsaturated/α-hetero) is 1. The number of rotatable bonds is 8. The normalized spacial score (nSPS) is 37.7. The summed E-state index contributed by atoms with van der Waals surface area (Å²) in [6.45, 7) is 13.4. The number of ether oxygens (including phenoxy) is 4. The van der Waals surface area contributed by atoms with E-state index in [-0.39, 0.29) is 119 Å². The fraction of sp³-hybridized carbons (Fsp3) is 0.750. The molecule has 0 spiro atoms. The van der Waals surface area contributed by atoms with Crippen molar-refractivity contribution >= 4 is 23.8 Å². The number of carbonyl (C=O) groups excluding carboxylic acids is 4. The Morgan fingerprint density at radius 3 is 2.23 bits per heavy atom. The molecule has 264 valence electrons. The van der Waals surface area contributed by atoms with Crippen molar-refractivity contribution in [2.75, 3.05) is 13.2 Å². The SMILES string of the molecule is C=CCOC(=O)N[C@@H](C(C)C)[C@@H](O)C(=O)O[C@H]1C[C@@]2(O)[C@@H](OC(C)=O)[C@@H]3[C@]4(O)CO[C@@H]4C[C@H](O)[C@@]3(C)C(=O)[C@H](O)C(=C1C)C2(C)C.[Ac].[Ac]. The Bertz CT molecular complexity index is 1320. The molecule has 4 rings (SSSR count). The first kappa shape index (κ1) is 44.2. The van der Waals surface area contributed by atoms with E-state index in [4.69, 9.17) is 18.9 Å². The Morgan fingerprint density at radius 2 is 1.73 bits per heavy atom. The number of aliphatic hydroxyl groups is 5. The molecule has 2 radical (unpaired) electrons. The van der Waals surface area contributed by atoms with Gasteiger partial charge in [-0.1, -0.05) is 40.3 Å². The Labute approximate surface area is 351 Å². The summed E-state index contributed by atoms with van der Waals surface area (Å²) in [5.41, 5.74) is -7.29. The predicted octanol–water partition coefficient (Wildman–Crippen LogP) is 0.0657. The summed E-state index contributed by atoms with van der Waals surface area (Å²) in [7, 11) is 0. The number of carbonyl (C=O) groups is 4. The maximum Gasteiger partial charge on any atom is 0.407 e. The van der Waals surface area contributed by atoms with Crippen LogP contribution in [0.15, 0.2) is 23.8 Å². The molecule has 3 aliphatic carbocycles. The van der Waals surface area contributed by atoms with Crippen LogP contribution < -0.4 is 5.32 Å². The number of hydrogen-bond acceptors (Lipinski definition) is 13. The molecule has 14 nitrogen and oxygen atoms in total. The quantitative estimate of drug-likeness (QED) is 0.108. The molecule has 0 aromatic rings. The minimum absolute atomic E-state index is 0. The summed E-state index contributed by atoms with van der Waals surface area (Å²) in [4.78, 5) is 52.6. The number of nitrogens with one attached hydrogen (secondary N) is 1. The van der Waals surface area contributed by atoms with E-state index in [1.165, 1.54) is 19.9 Å². The van der Waals surface area contributed by atoms with Crippen LogP contribution in [0.1, 0.15) is 61.3 Å². The van der Waals surface area contributed by atoms with Crippen molar-refractivity contribution in [2.24, 2.45) is 22.7 Å². The second-order valence-electron chi connectivity index (χ2n) is 14.1. The third kappa shape index (κ3) is 7.17. The first-order valence-electron chi connectivity index (χ1n) is 15.5. The molecular formula is C32H47Ac2NO13. The summed E-state index contributed by atoms with van der Waals surface area (Å²) in [6.07, 6.45) is -9.39. The van der Waals surface area contributed by atoms with Gasteiger partial charge < -0.3 is 49.8 Å². The Hall–Kier alpha value is 0.00312. The molecule has 2 saturated carbocycles. The van der Waals surface area contributed by atoms with Crippen LogP contribution in [-0.2, 0) is 33.3 Å². The zero-order valence-electron chi connectivity index (χ0n) is 28.5. The predicted molar refractivity (Wildman–Crippen MR) is 159 cm³/mol. The van der Waals surface area contributed by atoms with Crippen LogP contribution >= 0.6 is 0 Å². The molecule has 4 aliphatic rings. The minimum Gasteiger partial charge on any atom is -0.459 e. The third-order valence-electron chi connectivity index (χ3n) is 10.8. The van der Waals surface area contributed by atoms with Crippen molar-refractivity contribution in [3.8, 4) is 0 Å². The maximum absolute atomic E-state index is 14.3. The van der Waals surface area contributed by atoms with Gasteiger partial charge in [-0.25, -0.2) is 9.59 Å². The van der Waals surface area contributed by atoms with Gasteiger partial charge in [0.05, 0.1) is 30.3 Å². The Balaban J connectivity index is 0.00000400. The van der Waals surface area contributed by atoms with E-state index in [0.717, 1.165) is 6.92 Å². The molecule has 48 heavy (non-hydrogen) atoms. The Kier molecular flexibility index (Phi) is 14.7. The minimum atomic E-state index is -2.21. The van der Waals surface area contributed by atoms with Crippen LogP contribution in [0.3, 0.4) is 0 Å². The van der Waals surface area contributed by atoms with Gasteiger partial charge in [-0.2, -0.15) is 0 Å². The van der Waals surface area contributed by atoms with Crippen LogP contribution in [0, 0.1) is 111 Å². The summed E-state index contributed by atoms with van der Waals surface area (Å²) in [5, 5.41) is 61.2. The summed E-state index contributed by atoms with van der Waals surface area (Å²) >= 11 is 0. The van der Waals surface area contributed by atoms with E-state index in [9.17, 15) is 44.7 Å². The van der Waals surface area contributed by atoms with E-state index in [0.29, 0.717) is 0 Å². The van der Waals surface area contributed by atoms with Crippen molar-refractivity contribution in [3.05, 3.63) is 23.8 Å². The Morgan fingerprint density at radius 1 is 1.12 bits per heavy atom. The molecule has 1 aliphatic heterocycles. The van der Waals surface area contributed by atoms with E-state index >= 15 is 0 Å². The van der Waals surface area contributed by atoms with Gasteiger partial charge in [0.2, 0.25) is 0 Å². The van der Waals surface area contributed by atoms with Crippen LogP contribution in [0.2, 0.25) is 0 Å². The summed E-state index contributed by atoms with van der Waals surface area (Å²) in [6, 6.07) is -1.15. The van der Waals surface area contributed by atoms with Crippen LogP contribution in [0.5, 0.6) is 0 Å². The molecule has 16 heteroatoms.